The minimum atomic E-state index is -0.0459. The lowest BCUT2D eigenvalue weighted by Gasteiger charge is -2.31. The molecule has 1 aliphatic carbocycles. The number of aliphatic hydroxyl groups is 1. The van der Waals surface area contributed by atoms with E-state index in [0.29, 0.717) is 5.92 Å². The molecule has 1 aliphatic rings. The van der Waals surface area contributed by atoms with E-state index in [4.69, 9.17) is 9.52 Å². The Labute approximate surface area is 77.8 Å². The summed E-state index contributed by atoms with van der Waals surface area (Å²) in [5, 5.41) is 12.4. The van der Waals surface area contributed by atoms with Crippen molar-refractivity contribution < 1.29 is 9.52 Å². The summed E-state index contributed by atoms with van der Waals surface area (Å²) in [6, 6.07) is 3.85. The zero-order chi connectivity index (χ0) is 9.10. The van der Waals surface area contributed by atoms with Crippen molar-refractivity contribution in [3.63, 3.8) is 0 Å². The summed E-state index contributed by atoms with van der Waals surface area (Å²) >= 11 is 0. The second kappa shape index (κ2) is 3.94. The zero-order valence-corrected chi connectivity index (χ0v) is 7.57. The van der Waals surface area contributed by atoms with E-state index in [2.05, 4.69) is 5.32 Å². The second-order valence-electron chi connectivity index (χ2n) is 3.70. The van der Waals surface area contributed by atoms with Gasteiger partial charge in [0, 0.05) is 0 Å². The SMILES string of the molecule is OC1CC(CNCc2ccco2)C1. The van der Waals surface area contributed by atoms with Crippen molar-refractivity contribution in [1.82, 2.24) is 5.32 Å². The molecule has 1 aromatic rings. The molecule has 0 atom stereocenters. The first-order valence-electron chi connectivity index (χ1n) is 4.76. The monoisotopic (exact) mass is 181 g/mol. The fraction of sp³-hybridized carbons (Fsp3) is 0.600. The van der Waals surface area contributed by atoms with Gasteiger partial charge in [0.05, 0.1) is 18.9 Å². The van der Waals surface area contributed by atoms with Gasteiger partial charge in [-0.3, -0.25) is 0 Å². The highest BCUT2D eigenvalue weighted by atomic mass is 16.3. The standard InChI is InChI=1S/C10H15NO2/c12-9-4-8(5-9)6-11-7-10-2-1-3-13-10/h1-3,8-9,11-12H,4-7H2. The topological polar surface area (TPSA) is 45.4 Å². The molecular formula is C10H15NO2. The lowest BCUT2D eigenvalue weighted by molar-refractivity contribution is 0.0428. The molecule has 3 heteroatoms. The number of aliphatic hydroxyl groups excluding tert-OH is 1. The highest BCUT2D eigenvalue weighted by molar-refractivity contribution is 4.97. The number of hydrogen-bond donors (Lipinski definition) is 2. The molecule has 0 radical (unpaired) electrons. The summed E-state index contributed by atoms with van der Waals surface area (Å²) in [6.07, 6.45) is 3.54. The highest BCUT2D eigenvalue weighted by Gasteiger charge is 2.26. The van der Waals surface area contributed by atoms with E-state index in [9.17, 15) is 0 Å². The first-order chi connectivity index (χ1) is 6.34. The van der Waals surface area contributed by atoms with Crippen LogP contribution in [-0.4, -0.2) is 17.8 Å². The van der Waals surface area contributed by atoms with Gasteiger partial charge in [0.2, 0.25) is 0 Å². The predicted octanol–water partition coefficient (Wildman–Crippen LogP) is 1.14. The Hall–Kier alpha value is -0.800. The molecule has 2 rings (SSSR count). The van der Waals surface area contributed by atoms with Crippen molar-refractivity contribution in [3.8, 4) is 0 Å². The van der Waals surface area contributed by atoms with E-state index in [1.54, 1.807) is 6.26 Å². The Morgan fingerprint density at radius 2 is 2.38 bits per heavy atom. The molecule has 1 fully saturated rings. The molecule has 1 heterocycles. The summed E-state index contributed by atoms with van der Waals surface area (Å²) < 4.78 is 5.18. The Morgan fingerprint density at radius 3 is 3.00 bits per heavy atom. The zero-order valence-electron chi connectivity index (χ0n) is 7.57. The molecule has 3 nitrogen and oxygen atoms in total. The van der Waals surface area contributed by atoms with Crippen LogP contribution in [0.1, 0.15) is 18.6 Å². The molecule has 0 aromatic carbocycles. The summed E-state index contributed by atoms with van der Waals surface area (Å²) in [5.74, 6) is 1.63. The molecular weight excluding hydrogens is 166 g/mol. The van der Waals surface area contributed by atoms with Crippen molar-refractivity contribution in [1.29, 1.82) is 0 Å². The Morgan fingerprint density at radius 1 is 1.54 bits per heavy atom. The van der Waals surface area contributed by atoms with Gasteiger partial charge in [0.1, 0.15) is 5.76 Å². The van der Waals surface area contributed by atoms with Crippen molar-refractivity contribution >= 4 is 0 Å². The Kier molecular flexibility index (Phi) is 2.66. The van der Waals surface area contributed by atoms with Crippen LogP contribution in [0.4, 0.5) is 0 Å². The lowest BCUT2D eigenvalue weighted by atomic mass is 9.82. The van der Waals surface area contributed by atoms with Gasteiger partial charge in [0.15, 0.2) is 0 Å². The maximum Gasteiger partial charge on any atom is 0.117 e. The van der Waals surface area contributed by atoms with Crippen LogP contribution in [0.3, 0.4) is 0 Å². The van der Waals surface area contributed by atoms with E-state index < -0.39 is 0 Å². The van der Waals surface area contributed by atoms with Crippen LogP contribution in [-0.2, 0) is 6.54 Å². The minimum Gasteiger partial charge on any atom is -0.468 e. The predicted molar refractivity (Wildman–Crippen MR) is 49.1 cm³/mol. The third-order valence-electron chi connectivity index (χ3n) is 2.52. The fourth-order valence-corrected chi connectivity index (χ4v) is 1.68. The van der Waals surface area contributed by atoms with Gasteiger partial charge in [-0.2, -0.15) is 0 Å². The summed E-state index contributed by atoms with van der Waals surface area (Å²) in [5.41, 5.74) is 0. The quantitative estimate of drug-likeness (QED) is 0.732. The first-order valence-corrected chi connectivity index (χ1v) is 4.76. The van der Waals surface area contributed by atoms with Crippen LogP contribution in [0.15, 0.2) is 22.8 Å². The van der Waals surface area contributed by atoms with Crippen LogP contribution in [0, 0.1) is 5.92 Å². The largest absolute Gasteiger partial charge is 0.468 e. The molecule has 0 unspecified atom stereocenters. The van der Waals surface area contributed by atoms with E-state index in [1.807, 2.05) is 12.1 Å². The van der Waals surface area contributed by atoms with Crippen molar-refractivity contribution in [2.24, 2.45) is 5.92 Å². The molecule has 72 valence electrons. The summed E-state index contributed by atoms with van der Waals surface area (Å²) in [4.78, 5) is 0. The number of hydrogen-bond acceptors (Lipinski definition) is 3. The van der Waals surface area contributed by atoms with Gasteiger partial charge in [0.25, 0.3) is 0 Å². The average molecular weight is 181 g/mol. The second-order valence-corrected chi connectivity index (χ2v) is 3.70. The third kappa shape index (κ3) is 2.32. The van der Waals surface area contributed by atoms with Crippen LogP contribution < -0.4 is 5.32 Å². The van der Waals surface area contributed by atoms with Gasteiger partial charge in [-0.25, -0.2) is 0 Å². The fourth-order valence-electron chi connectivity index (χ4n) is 1.68. The number of furan rings is 1. The molecule has 2 N–H and O–H groups in total. The summed E-state index contributed by atoms with van der Waals surface area (Å²) in [7, 11) is 0. The highest BCUT2D eigenvalue weighted by Crippen LogP contribution is 2.26. The maximum atomic E-state index is 9.06. The molecule has 0 spiro atoms. The van der Waals surface area contributed by atoms with Crippen LogP contribution in [0.5, 0.6) is 0 Å². The van der Waals surface area contributed by atoms with Crippen LogP contribution in [0.2, 0.25) is 0 Å². The number of nitrogens with one attached hydrogen (secondary N) is 1. The van der Waals surface area contributed by atoms with Crippen molar-refractivity contribution in [2.75, 3.05) is 6.54 Å². The van der Waals surface area contributed by atoms with E-state index >= 15 is 0 Å². The van der Waals surface area contributed by atoms with E-state index in [1.165, 1.54) is 0 Å². The molecule has 0 saturated heterocycles. The average Bonchev–Trinajstić information content (AvgIpc) is 2.53. The lowest BCUT2D eigenvalue weighted by Crippen LogP contribution is -2.35. The molecule has 0 amide bonds. The molecule has 0 bridgehead atoms. The third-order valence-corrected chi connectivity index (χ3v) is 2.52. The van der Waals surface area contributed by atoms with Gasteiger partial charge in [-0.15, -0.1) is 0 Å². The first kappa shape index (κ1) is 8.78. The molecule has 1 saturated carbocycles. The van der Waals surface area contributed by atoms with Gasteiger partial charge in [-0.1, -0.05) is 0 Å². The Balaban J connectivity index is 1.59. The van der Waals surface area contributed by atoms with E-state index in [-0.39, 0.29) is 6.10 Å². The molecule has 0 aliphatic heterocycles. The van der Waals surface area contributed by atoms with Crippen LogP contribution in [0.25, 0.3) is 0 Å². The van der Waals surface area contributed by atoms with Crippen LogP contribution >= 0.6 is 0 Å². The van der Waals surface area contributed by atoms with Gasteiger partial charge in [-0.05, 0) is 37.4 Å². The summed E-state index contributed by atoms with van der Waals surface area (Å²) in [6.45, 7) is 1.78. The smallest absolute Gasteiger partial charge is 0.117 e. The molecule has 1 aromatic heterocycles. The van der Waals surface area contributed by atoms with Crippen molar-refractivity contribution in [3.05, 3.63) is 24.2 Å². The minimum absolute atomic E-state index is 0.0459. The normalized spacial score (nSPS) is 27.2. The Bertz CT molecular complexity index is 239. The van der Waals surface area contributed by atoms with Gasteiger partial charge >= 0.3 is 0 Å². The van der Waals surface area contributed by atoms with Crippen molar-refractivity contribution in [2.45, 2.75) is 25.5 Å². The molecule has 13 heavy (non-hydrogen) atoms. The number of rotatable bonds is 4. The van der Waals surface area contributed by atoms with Gasteiger partial charge < -0.3 is 14.8 Å². The maximum absolute atomic E-state index is 9.06. The van der Waals surface area contributed by atoms with E-state index in [0.717, 1.165) is 31.7 Å².